The fraction of sp³-hybridized carbons (Fsp3) is 0.158. The van der Waals surface area contributed by atoms with Crippen LogP contribution in [0.5, 0.6) is 5.75 Å². The van der Waals surface area contributed by atoms with Crippen molar-refractivity contribution in [3.05, 3.63) is 66.7 Å². The molecule has 0 fully saturated rings. The summed E-state index contributed by atoms with van der Waals surface area (Å²) < 4.78 is 31.0. The van der Waals surface area contributed by atoms with E-state index in [1.54, 1.807) is 42.5 Å². The molecule has 1 N–H and O–H groups in total. The second kappa shape index (κ2) is 7.63. The highest BCUT2D eigenvalue weighted by Crippen LogP contribution is 2.29. The van der Waals surface area contributed by atoms with Crippen LogP contribution in [0.15, 0.2) is 66.1 Å². The number of anilines is 1. The molecule has 2 aromatic carbocycles. The Hall–Kier alpha value is -3.13. The van der Waals surface area contributed by atoms with Gasteiger partial charge in [0.05, 0.1) is 5.56 Å². The first kappa shape index (κ1) is 18.7. The number of nitrogens with one attached hydrogen (secondary N) is 1. The molecule has 1 heterocycles. The maximum atomic E-state index is 12.5. The molecule has 0 radical (unpaired) electrons. The second-order valence-corrected chi connectivity index (χ2v) is 7.63. The van der Waals surface area contributed by atoms with Crippen LogP contribution in [-0.2, 0) is 14.8 Å². The fourth-order valence-corrected chi connectivity index (χ4v) is 4.27. The summed E-state index contributed by atoms with van der Waals surface area (Å²) >= 11 is 0. The van der Waals surface area contributed by atoms with Crippen molar-refractivity contribution < 1.29 is 22.7 Å². The van der Waals surface area contributed by atoms with Gasteiger partial charge in [-0.05, 0) is 24.3 Å². The van der Waals surface area contributed by atoms with Gasteiger partial charge in [0.2, 0.25) is 5.91 Å². The first-order chi connectivity index (χ1) is 12.9. The smallest absolute Gasteiger partial charge is 0.269 e. The molecule has 0 atom stereocenters. The molecule has 8 heteroatoms. The topological polar surface area (TPSA) is 92.8 Å². The van der Waals surface area contributed by atoms with E-state index >= 15 is 0 Å². The number of carbonyl (C=O) groups is 2. The van der Waals surface area contributed by atoms with E-state index in [1.807, 2.05) is 0 Å². The molecule has 0 aliphatic carbocycles. The van der Waals surface area contributed by atoms with E-state index in [2.05, 4.69) is 11.9 Å². The number of nitrogens with zero attached hydrogens (tertiary/aromatic N) is 1. The Morgan fingerprint density at radius 2 is 1.96 bits per heavy atom. The van der Waals surface area contributed by atoms with Crippen LogP contribution < -0.4 is 10.1 Å². The van der Waals surface area contributed by atoms with Crippen LogP contribution >= 0.6 is 0 Å². The Bertz CT molecular complexity index is 1000. The van der Waals surface area contributed by atoms with E-state index in [1.165, 1.54) is 12.1 Å². The molecule has 3 rings (SSSR count). The first-order valence-corrected chi connectivity index (χ1v) is 9.67. The number of fused-ring (bicyclic) bond motifs is 1. The maximum absolute atomic E-state index is 12.5. The quantitative estimate of drug-likeness (QED) is 0.738. The van der Waals surface area contributed by atoms with E-state index < -0.39 is 21.8 Å². The number of hydrogen-bond acceptors (Lipinski definition) is 5. The normalized spacial score (nSPS) is 14.5. The van der Waals surface area contributed by atoms with E-state index in [9.17, 15) is 18.0 Å². The lowest BCUT2D eigenvalue weighted by molar-refractivity contribution is -0.116. The third-order valence-corrected chi connectivity index (χ3v) is 5.78. The predicted octanol–water partition coefficient (Wildman–Crippen LogP) is 2.42. The standard InChI is InChI=1S/C19H18N2O5S/c1-2-12-26-15-7-5-6-14(13-15)20-18(22)10-11-21-19(23)16-8-3-4-9-17(16)27(21,24)25/h2-9,13H,1,10-12H2,(H,20,22). The lowest BCUT2D eigenvalue weighted by Crippen LogP contribution is -2.33. The highest BCUT2D eigenvalue weighted by Gasteiger charge is 2.40. The van der Waals surface area contributed by atoms with Crippen molar-refractivity contribution >= 4 is 27.5 Å². The summed E-state index contributed by atoms with van der Waals surface area (Å²) in [5.41, 5.74) is 0.644. The zero-order valence-electron chi connectivity index (χ0n) is 14.4. The number of benzene rings is 2. The highest BCUT2D eigenvalue weighted by molar-refractivity contribution is 7.90. The molecule has 1 aliphatic rings. The molecule has 1 aliphatic heterocycles. The summed E-state index contributed by atoms with van der Waals surface area (Å²) in [5, 5.41) is 2.67. The molecule has 2 aromatic rings. The number of rotatable bonds is 7. The highest BCUT2D eigenvalue weighted by atomic mass is 32.2. The lowest BCUT2D eigenvalue weighted by atomic mass is 10.2. The van der Waals surface area contributed by atoms with E-state index in [0.717, 1.165) is 4.31 Å². The summed E-state index contributed by atoms with van der Waals surface area (Å²) in [4.78, 5) is 24.5. The van der Waals surface area contributed by atoms with Crippen molar-refractivity contribution in [2.75, 3.05) is 18.5 Å². The van der Waals surface area contributed by atoms with Gasteiger partial charge in [-0.15, -0.1) is 0 Å². The molecule has 7 nitrogen and oxygen atoms in total. The van der Waals surface area contributed by atoms with Crippen LogP contribution in [0.2, 0.25) is 0 Å². The Balaban J connectivity index is 1.63. The Kier molecular flexibility index (Phi) is 5.27. The average Bonchev–Trinajstić information content (AvgIpc) is 2.85. The van der Waals surface area contributed by atoms with E-state index in [0.29, 0.717) is 18.0 Å². The van der Waals surface area contributed by atoms with Crippen molar-refractivity contribution in [1.29, 1.82) is 0 Å². The predicted molar refractivity (Wildman–Crippen MR) is 100 cm³/mol. The average molecular weight is 386 g/mol. The summed E-state index contributed by atoms with van der Waals surface area (Å²) in [6.45, 7) is 3.68. The van der Waals surface area contributed by atoms with E-state index in [4.69, 9.17) is 4.74 Å². The van der Waals surface area contributed by atoms with Crippen LogP contribution in [0.4, 0.5) is 5.69 Å². The maximum Gasteiger partial charge on any atom is 0.269 e. The van der Waals surface area contributed by atoms with Gasteiger partial charge in [-0.25, -0.2) is 12.7 Å². The molecular formula is C19H18N2O5S. The Labute approximate surface area is 157 Å². The van der Waals surface area contributed by atoms with Crippen LogP contribution in [0.25, 0.3) is 0 Å². The molecule has 0 spiro atoms. The molecule has 0 saturated heterocycles. The van der Waals surface area contributed by atoms with Crippen molar-refractivity contribution in [2.45, 2.75) is 11.3 Å². The number of amides is 2. The second-order valence-electron chi connectivity index (χ2n) is 5.80. The summed E-state index contributed by atoms with van der Waals surface area (Å²) in [6, 6.07) is 12.8. The lowest BCUT2D eigenvalue weighted by Gasteiger charge is -2.15. The van der Waals surface area contributed by atoms with Crippen LogP contribution in [0.3, 0.4) is 0 Å². The SMILES string of the molecule is C=CCOc1cccc(NC(=O)CCN2C(=O)c3ccccc3S2(=O)=O)c1. The molecule has 140 valence electrons. The van der Waals surface area contributed by atoms with Crippen molar-refractivity contribution in [1.82, 2.24) is 4.31 Å². The number of ether oxygens (including phenoxy) is 1. The van der Waals surface area contributed by atoms with Crippen LogP contribution in [0, 0.1) is 0 Å². The fourth-order valence-electron chi connectivity index (χ4n) is 2.70. The minimum absolute atomic E-state index is 0.0255. The molecule has 0 aromatic heterocycles. The van der Waals surface area contributed by atoms with Gasteiger partial charge in [-0.2, -0.15) is 0 Å². The van der Waals surface area contributed by atoms with Gasteiger partial charge in [0.1, 0.15) is 17.3 Å². The van der Waals surface area contributed by atoms with E-state index in [-0.39, 0.29) is 23.4 Å². The number of sulfonamides is 1. The number of carbonyl (C=O) groups excluding carboxylic acids is 2. The monoisotopic (exact) mass is 386 g/mol. The van der Waals surface area contributed by atoms with Gasteiger partial charge < -0.3 is 10.1 Å². The van der Waals surface area contributed by atoms with Gasteiger partial charge in [-0.1, -0.05) is 30.9 Å². The van der Waals surface area contributed by atoms with Gasteiger partial charge in [0.25, 0.3) is 15.9 Å². The zero-order valence-corrected chi connectivity index (χ0v) is 15.2. The van der Waals surface area contributed by atoms with Crippen molar-refractivity contribution in [3.63, 3.8) is 0 Å². The molecule has 2 amide bonds. The van der Waals surface area contributed by atoms with Crippen LogP contribution in [0.1, 0.15) is 16.8 Å². The molecule has 0 unspecified atom stereocenters. The molecule has 0 bridgehead atoms. The Morgan fingerprint density at radius 3 is 2.70 bits per heavy atom. The van der Waals surface area contributed by atoms with Gasteiger partial charge >= 0.3 is 0 Å². The minimum Gasteiger partial charge on any atom is -0.489 e. The molecular weight excluding hydrogens is 368 g/mol. The first-order valence-electron chi connectivity index (χ1n) is 8.23. The van der Waals surface area contributed by atoms with Crippen molar-refractivity contribution in [2.24, 2.45) is 0 Å². The number of hydrogen-bond donors (Lipinski definition) is 1. The molecule has 27 heavy (non-hydrogen) atoms. The van der Waals surface area contributed by atoms with Gasteiger partial charge in [0.15, 0.2) is 0 Å². The third kappa shape index (κ3) is 3.85. The largest absolute Gasteiger partial charge is 0.489 e. The van der Waals surface area contributed by atoms with Crippen molar-refractivity contribution in [3.8, 4) is 5.75 Å². The summed E-state index contributed by atoms with van der Waals surface area (Å²) in [7, 11) is -3.91. The zero-order chi connectivity index (χ0) is 19.4. The van der Waals surface area contributed by atoms with Crippen LogP contribution in [-0.4, -0.2) is 37.7 Å². The summed E-state index contributed by atoms with van der Waals surface area (Å²) in [5.74, 6) is -0.450. The Morgan fingerprint density at radius 1 is 1.19 bits per heavy atom. The third-order valence-electron chi connectivity index (χ3n) is 3.94. The van der Waals surface area contributed by atoms with Gasteiger partial charge in [0, 0.05) is 24.7 Å². The molecule has 0 saturated carbocycles. The van der Waals surface area contributed by atoms with Gasteiger partial charge in [-0.3, -0.25) is 9.59 Å². The minimum atomic E-state index is -3.91. The summed E-state index contributed by atoms with van der Waals surface area (Å²) in [6.07, 6.45) is 1.45.